The number of nitrogens with zero attached hydrogens (tertiary/aromatic N) is 1. The average molecular weight is 159 g/mol. The van der Waals surface area contributed by atoms with Crippen LogP contribution in [-0.2, 0) is 0 Å². The lowest BCUT2D eigenvalue weighted by Gasteiger charge is -2.31. The molecule has 1 aliphatic rings. The van der Waals surface area contributed by atoms with Crippen molar-refractivity contribution >= 4 is 11.8 Å². The SMILES string of the molecule is CC(O)(CN)N1C=[C]SC1. The van der Waals surface area contributed by atoms with Gasteiger partial charge in [0.15, 0.2) is 0 Å². The quantitative estimate of drug-likeness (QED) is 0.592. The first-order chi connectivity index (χ1) is 4.67. The molecule has 1 radical (unpaired) electrons. The Balaban J connectivity index is 2.54. The number of nitrogens with two attached hydrogens (primary N) is 1. The van der Waals surface area contributed by atoms with Gasteiger partial charge in [-0.1, -0.05) is 0 Å². The van der Waals surface area contributed by atoms with Gasteiger partial charge in [0.25, 0.3) is 0 Å². The van der Waals surface area contributed by atoms with E-state index in [-0.39, 0.29) is 6.54 Å². The molecule has 0 saturated carbocycles. The van der Waals surface area contributed by atoms with Gasteiger partial charge in [0, 0.05) is 18.2 Å². The zero-order valence-electron chi connectivity index (χ0n) is 5.87. The molecule has 0 spiro atoms. The first-order valence-corrected chi connectivity index (χ1v) is 4.05. The Morgan fingerprint density at radius 2 is 2.70 bits per heavy atom. The molecule has 0 bridgehead atoms. The molecular formula is C6H11N2OS. The average Bonchev–Trinajstić information content (AvgIpc) is 2.38. The van der Waals surface area contributed by atoms with E-state index in [1.165, 1.54) is 11.8 Å². The van der Waals surface area contributed by atoms with Crippen LogP contribution < -0.4 is 5.73 Å². The summed E-state index contributed by atoms with van der Waals surface area (Å²) in [6, 6.07) is 0. The maximum atomic E-state index is 9.54. The smallest absolute Gasteiger partial charge is 0.147 e. The predicted molar refractivity (Wildman–Crippen MR) is 41.8 cm³/mol. The molecule has 0 saturated heterocycles. The number of thioether (sulfide) groups is 1. The van der Waals surface area contributed by atoms with E-state index in [2.05, 4.69) is 5.41 Å². The molecule has 4 heteroatoms. The molecule has 0 fully saturated rings. The van der Waals surface area contributed by atoms with E-state index < -0.39 is 5.72 Å². The van der Waals surface area contributed by atoms with Crippen LogP contribution in [0.15, 0.2) is 6.20 Å². The first kappa shape index (κ1) is 7.91. The molecule has 1 atom stereocenters. The minimum Gasteiger partial charge on any atom is -0.370 e. The van der Waals surface area contributed by atoms with Gasteiger partial charge in [0.05, 0.1) is 5.88 Å². The van der Waals surface area contributed by atoms with Crippen molar-refractivity contribution < 1.29 is 5.11 Å². The highest BCUT2D eigenvalue weighted by atomic mass is 32.2. The molecule has 57 valence electrons. The van der Waals surface area contributed by atoms with Crippen LogP contribution in [0.25, 0.3) is 0 Å². The molecule has 0 aromatic rings. The Kier molecular flexibility index (Phi) is 2.23. The number of hydrogen-bond acceptors (Lipinski definition) is 4. The second kappa shape index (κ2) is 2.82. The van der Waals surface area contributed by atoms with Crippen molar-refractivity contribution in [3.8, 4) is 0 Å². The number of aliphatic hydroxyl groups is 1. The standard InChI is InChI=1S/C6H11N2OS/c1-6(9,4-7)8-2-3-10-5-8/h2,9H,4-5,7H2,1H3. The molecule has 10 heavy (non-hydrogen) atoms. The highest BCUT2D eigenvalue weighted by molar-refractivity contribution is 8.01. The van der Waals surface area contributed by atoms with E-state index >= 15 is 0 Å². The van der Waals surface area contributed by atoms with E-state index in [0.717, 1.165) is 5.88 Å². The van der Waals surface area contributed by atoms with Crippen LogP contribution in [0, 0.1) is 5.41 Å². The first-order valence-electron chi connectivity index (χ1n) is 3.06. The van der Waals surface area contributed by atoms with Crippen molar-refractivity contribution in [1.82, 2.24) is 4.90 Å². The Bertz CT molecular complexity index is 147. The molecule has 1 aliphatic heterocycles. The van der Waals surface area contributed by atoms with Crippen LogP contribution in [0.5, 0.6) is 0 Å². The van der Waals surface area contributed by atoms with E-state index in [1.807, 2.05) is 0 Å². The molecule has 1 heterocycles. The monoisotopic (exact) mass is 159 g/mol. The van der Waals surface area contributed by atoms with Gasteiger partial charge in [-0.15, -0.1) is 11.8 Å². The van der Waals surface area contributed by atoms with Crippen molar-refractivity contribution in [2.24, 2.45) is 5.73 Å². The Morgan fingerprint density at radius 1 is 2.00 bits per heavy atom. The van der Waals surface area contributed by atoms with Gasteiger partial charge < -0.3 is 15.7 Å². The van der Waals surface area contributed by atoms with E-state index in [0.29, 0.717) is 0 Å². The fourth-order valence-corrected chi connectivity index (χ4v) is 1.41. The molecular weight excluding hydrogens is 148 g/mol. The van der Waals surface area contributed by atoms with E-state index in [4.69, 9.17) is 5.73 Å². The van der Waals surface area contributed by atoms with Crippen LogP contribution >= 0.6 is 11.8 Å². The fourth-order valence-electron chi connectivity index (χ4n) is 0.640. The lowest BCUT2D eigenvalue weighted by Crippen LogP contribution is -2.47. The Morgan fingerprint density at radius 3 is 3.10 bits per heavy atom. The van der Waals surface area contributed by atoms with Crippen LogP contribution in [0.4, 0.5) is 0 Å². The fraction of sp³-hybridized carbons (Fsp3) is 0.667. The van der Waals surface area contributed by atoms with Crippen LogP contribution in [0.3, 0.4) is 0 Å². The maximum absolute atomic E-state index is 9.54. The normalized spacial score (nSPS) is 23.3. The van der Waals surface area contributed by atoms with Crippen molar-refractivity contribution in [2.75, 3.05) is 12.4 Å². The number of rotatable bonds is 2. The summed E-state index contributed by atoms with van der Waals surface area (Å²) in [6.45, 7) is 1.93. The molecule has 0 aromatic heterocycles. The highest BCUT2D eigenvalue weighted by Gasteiger charge is 2.26. The van der Waals surface area contributed by atoms with Crippen molar-refractivity contribution in [3.05, 3.63) is 11.6 Å². The summed E-state index contributed by atoms with van der Waals surface area (Å²) in [6.07, 6.45) is 1.73. The third kappa shape index (κ3) is 1.45. The third-order valence-electron chi connectivity index (χ3n) is 1.50. The predicted octanol–water partition coefficient (Wildman–Crippen LogP) is -0.0657. The molecule has 3 N–H and O–H groups in total. The summed E-state index contributed by atoms with van der Waals surface area (Å²) in [5.74, 6) is 0.740. The van der Waals surface area contributed by atoms with Crippen molar-refractivity contribution in [3.63, 3.8) is 0 Å². The van der Waals surface area contributed by atoms with Gasteiger partial charge >= 0.3 is 0 Å². The minimum atomic E-state index is -0.906. The van der Waals surface area contributed by atoms with Crippen molar-refractivity contribution in [2.45, 2.75) is 12.6 Å². The minimum absolute atomic E-state index is 0.242. The van der Waals surface area contributed by atoms with Gasteiger partial charge in [0.1, 0.15) is 5.72 Å². The van der Waals surface area contributed by atoms with Gasteiger partial charge in [0.2, 0.25) is 0 Å². The zero-order chi connectivity index (χ0) is 7.61. The zero-order valence-corrected chi connectivity index (χ0v) is 6.69. The van der Waals surface area contributed by atoms with E-state index in [9.17, 15) is 5.11 Å². The van der Waals surface area contributed by atoms with Crippen molar-refractivity contribution in [1.29, 1.82) is 0 Å². The molecule has 0 aliphatic carbocycles. The Labute approximate surface area is 64.9 Å². The molecule has 1 unspecified atom stereocenters. The summed E-state index contributed by atoms with van der Waals surface area (Å²) in [5.41, 5.74) is 4.43. The second-order valence-electron chi connectivity index (χ2n) is 2.41. The molecule has 1 rings (SSSR count). The highest BCUT2D eigenvalue weighted by Crippen LogP contribution is 2.21. The largest absolute Gasteiger partial charge is 0.370 e. The topological polar surface area (TPSA) is 49.5 Å². The second-order valence-corrected chi connectivity index (χ2v) is 3.19. The van der Waals surface area contributed by atoms with Gasteiger partial charge in [-0.05, 0) is 6.92 Å². The van der Waals surface area contributed by atoms with Crippen LogP contribution in [-0.4, -0.2) is 28.2 Å². The molecule has 0 amide bonds. The van der Waals surface area contributed by atoms with E-state index in [1.54, 1.807) is 18.0 Å². The van der Waals surface area contributed by atoms with Gasteiger partial charge in [-0.2, -0.15) is 0 Å². The van der Waals surface area contributed by atoms with Gasteiger partial charge in [-0.3, -0.25) is 0 Å². The summed E-state index contributed by atoms with van der Waals surface area (Å²) >= 11 is 1.53. The summed E-state index contributed by atoms with van der Waals surface area (Å²) in [5, 5.41) is 12.5. The number of hydrogen-bond donors (Lipinski definition) is 2. The maximum Gasteiger partial charge on any atom is 0.147 e. The lowest BCUT2D eigenvalue weighted by molar-refractivity contribution is -0.0465. The summed E-state index contributed by atoms with van der Waals surface area (Å²) in [7, 11) is 0. The summed E-state index contributed by atoms with van der Waals surface area (Å²) < 4.78 is 0. The van der Waals surface area contributed by atoms with Gasteiger partial charge in [-0.25, -0.2) is 0 Å². The lowest BCUT2D eigenvalue weighted by atomic mass is 10.2. The molecule has 0 aromatic carbocycles. The Hall–Kier alpha value is -0.190. The van der Waals surface area contributed by atoms with Crippen LogP contribution in [0.1, 0.15) is 6.92 Å². The third-order valence-corrected chi connectivity index (χ3v) is 2.18. The summed E-state index contributed by atoms with van der Waals surface area (Å²) in [4.78, 5) is 1.76. The molecule has 3 nitrogen and oxygen atoms in total. The van der Waals surface area contributed by atoms with Crippen LogP contribution in [0.2, 0.25) is 0 Å².